The smallest absolute Gasteiger partial charge is 0.262 e. The van der Waals surface area contributed by atoms with Crippen molar-refractivity contribution in [1.82, 2.24) is 15.5 Å². The Hall–Kier alpha value is -1.92. The van der Waals surface area contributed by atoms with Crippen molar-refractivity contribution in [3.8, 4) is 0 Å². The zero-order chi connectivity index (χ0) is 14.7. The largest absolute Gasteiger partial charge is 0.353 e. The second kappa shape index (κ2) is 7.19. The van der Waals surface area contributed by atoms with Gasteiger partial charge in [-0.15, -0.1) is 12.4 Å². The number of carbonyl (C=O) groups excluding carboxylic acids is 3. The van der Waals surface area contributed by atoms with Gasteiger partial charge < -0.3 is 10.6 Å². The number of imide groups is 1. The predicted molar refractivity (Wildman–Crippen MR) is 80.7 cm³/mol. The molecule has 2 N–H and O–H groups in total. The fraction of sp³-hybridized carbons (Fsp3) is 0.357. The monoisotopic (exact) mass is 311 g/mol. The first-order valence-corrected chi connectivity index (χ1v) is 6.42. The summed E-state index contributed by atoms with van der Waals surface area (Å²) in [6, 6.07) is 5.08. The number of rotatable bonds is 5. The van der Waals surface area contributed by atoms with Crippen molar-refractivity contribution in [2.75, 3.05) is 26.7 Å². The summed E-state index contributed by atoms with van der Waals surface area (Å²) in [5, 5.41) is 5.53. The summed E-state index contributed by atoms with van der Waals surface area (Å²) >= 11 is 0. The van der Waals surface area contributed by atoms with E-state index in [0.717, 1.165) is 10.5 Å². The zero-order valence-electron chi connectivity index (χ0n) is 11.9. The van der Waals surface area contributed by atoms with Gasteiger partial charge in [-0.25, -0.2) is 0 Å². The second-order valence-electron chi connectivity index (χ2n) is 4.70. The van der Waals surface area contributed by atoms with Crippen LogP contribution in [0.25, 0.3) is 0 Å². The highest BCUT2D eigenvalue weighted by Crippen LogP contribution is 2.23. The van der Waals surface area contributed by atoms with Crippen LogP contribution in [0.4, 0.5) is 0 Å². The maximum absolute atomic E-state index is 12.1. The normalized spacial score (nSPS) is 13.0. The van der Waals surface area contributed by atoms with E-state index >= 15 is 0 Å². The van der Waals surface area contributed by atoms with E-state index in [9.17, 15) is 14.4 Å². The molecule has 1 aliphatic heterocycles. The number of hydrogen-bond acceptors (Lipinski definition) is 4. The average molecular weight is 312 g/mol. The highest BCUT2D eigenvalue weighted by atomic mass is 35.5. The van der Waals surface area contributed by atoms with Gasteiger partial charge in [-0.2, -0.15) is 0 Å². The Bertz CT molecular complexity index is 575. The van der Waals surface area contributed by atoms with Crippen LogP contribution in [0.1, 0.15) is 26.3 Å². The summed E-state index contributed by atoms with van der Waals surface area (Å²) in [7, 11) is 1.78. The quantitative estimate of drug-likeness (QED) is 0.607. The van der Waals surface area contributed by atoms with Crippen LogP contribution in [0.5, 0.6) is 0 Å². The van der Waals surface area contributed by atoms with Crippen molar-refractivity contribution < 1.29 is 14.4 Å². The van der Waals surface area contributed by atoms with Gasteiger partial charge in [0.05, 0.1) is 11.1 Å². The lowest BCUT2D eigenvalue weighted by atomic mass is 10.1. The minimum Gasteiger partial charge on any atom is -0.353 e. The molecule has 0 spiro atoms. The van der Waals surface area contributed by atoms with E-state index in [4.69, 9.17) is 0 Å². The van der Waals surface area contributed by atoms with E-state index < -0.39 is 11.8 Å². The molecule has 7 heteroatoms. The Kier molecular flexibility index (Phi) is 5.87. The van der Waals surface area contributed by atoms with E-state index in [-0.39, 0.29) is 24.9 Å². The van der Waals surface area contributed by atoms with Gasteiger partial charge >= 0.3 is 0 Å². The number of carbonyl (C=O) groups is 3. The number of halogens is 1. The summed E-state index contributed by atoms with van der Waals surface area (Å²) in [5.74, 6) is -1.15. The molecule has 0 atom stereocenters. The van der Waals surface area contributed by atoms with Crippen molar-refractivity contribution >= 4 is 30.1 Å². The van der Waals surface area contributed by atoms with Crippen LogP contribution in [-0.2, 0) is 4.79 Å². The Morgan fingerprint density at radius 1 is 1.14 bits per heavy atom. The lowest BCUT2D eigenvalue weighted by Gasteiger charge is -2.13. The van der Waals surface area contributed by atoms with Gasteiger partial charge in [-0.05, 0) is 26.1 Å². The van der Waals surface area contributed by atoms with Crippen LogP contribution < -0.4 is 10.6 Å². The molecule has 1 aromatic rings. The SMILES string of the molecule is CNCCNC(=O)CN1C(=O)c2ccc(C)cc2C1=O.Cl. The highest BCUT2D eigenvalue weighted by Gasteiger charge is 2.36. The van der Waals surface area contributed by atoms with Crippen LogP contribution in [-0.4, -0.2) is 49.3 Å². The van der Waals surface area contributed by atoms with Crippen molar-refractivity contribution in [2.24, 2.45) is 0 Å². The lowest BCUT2D eigenvalue weighted by Crippen LogP contribution is -2.41. The van der Waals surface area contributed by atoms with Crippen LogP contribution in [0.2, 0.25) is 0 Å². The van der Waals surface area contributed by atoms with Crippen LogP contribution in [0, 0.1) is 6.92 Å². The minimum absolute atomic E-state index is 0. The summed E-state index contributed by atoms with van der Waals surface area (Å²) in [5.41, 5.74) is 1.65. The molecule has 0 saturated heterocycles. The third-order valence-electron chi connectivity index (χ3n) is 3.13. The molecule has 0 unspecified atom stereocenters. The standard InChI is InChI=1S/C14H17N3O3.ClH/c1-9-3-4-10-11(7-9)14(20)17(13(10)19)8-12(18)16-6-5-15-2;/h3-4,7,15H,5-6,8H2,1-2H3,(H,16,18);1H. The Labute approximate surface area is 129 Å². The fourth-order valence-corrected chi connectivity index (χ4v) is 2.07. The molecule has 2 rings (SSSR count). The highest BCUT2D eigenvalue weighted by molar-refractivity contribution is 6.22. The number of nitrogens with one attached hydrogen (secondary N) is 2. The molecule has 0 fully saturated rings. The van der Waals surface area contributed by atoms with Crippen molar-refractivity contribution in [3.05, 3.63) is 34.9 Å². The van der Waals surface area contributed by atoms with Crippen LogP contribution >= 0.6 is 12.4 Å². The molecule has 21 heavy (non-hydrogen) atoms. The predicted octanol–water partition coefficient (Wildman–Crippen LogP) is 0.348. The maximum atomic E-state index is 12.1. The van der Waals surface area contributed by atoms with Gasteiger partial charge in [-0.1, -0.05) is 11.6 Å². The van der Waals surface area contributed by atoms with Gasteiger partial charge in [0.15, 0.2) is 0 Å². The first kappa shape index (κ1) is 17.1. The summed E-state index contributed by atoms with van der Waals surface area (Å²) in [6.07, 6.45) is 0. The Morgan fingerprint density at radius 2 is 1.81 bits per heavy atom. The summed E-state index contributed by atoms with van der Waals surface area (Å²) in [6.45, 7) is 2.70. The lowest BCUT2D eigenvalue weighted by molar-refractivity contribution is -0.121. The number of hydrogen-bond donors (Lipinski definition) is 2. The third-order valence-corrected chi connectivity index (χ3v) is 3.13. The summed E-state index contributed by atoms with van der Waals surface area (Å²) < 4.78 is 0. The number of nitrogens with zero attached hydrogens (tertiary/aromatic N) is 1. The van der Waals surface area contributed by atoms with Gasteiger partial charge in [0, 0.05) is 13.1 Å². The first-order valence-electron chi connectivity index (χ1n) is 6.42. The van der Waals surface area contributed by atoms with Crippen molar-refractivity contribution in [3.63, 3.8) is 0 Å². The van der Waals surface area contributed by atoms with Crippen LogP contribution in [0.15, 0.2) is 18.2 Å². The number of likely N-dealkylation sites (N-methyl/N-ethyl adjacent to an activating group) is 1. The molecule has 1 aromatic carbocycles. The number of fused-ring (bicyclic) bond motifs is 1. The molecule has 1 heterocycles. The van der Waals surface area contributed by atoms with Crippen LogP contribution in [0.3, 0.4) is 0 Å². The molecule has 0 aromatic heterocycles. The van der Waals surface area contributed by atoms with Gasteiger partial charge in [0.2, 0.25) is 5.91 Å². The molecule has 114 valence electrons. The zero-order valence-corrected chi connectivity index (χ0v) is 12.8. The molecule has 0 bridgehead atoms. The van der Waals surface area contributed by atoms with Crippen molar-refractivity contribution in [1.29, 1.82) is 0 Å². The summed E-state index contributed by atoms with van der Waals surface area (Å²) in [4.78, 5) is 36.9. The van der Waals surface area contributed by atoms with E-state index in [1.54, 1.807) is 25.2 Å². The molecular formula is C14H18ClN3O3. The van der Waals surface area contributed by atoms with Gasteiger partial charge in [-0.3, -0.25) is 19.3 Å². The number of benzene rings is 1. The average Bonchev–Trinajstić information content (AvgIpc) is 2.64. The van der Waals surface area contributed by atoms with Gasteiger partial charge in [0.1, 0.15) is 6.54 Å². The van der Waals surface area contributed by atoms with E-state index in [1.807, 2.05) is 6.92 Å². The topological polar surface area (TPSA) is 78.5 Å². The molecule has 6 nitrogen and oxygen atoms in total. The molecule has 0 saturated carbocycles. The van der Waals surface area contributed by atoms with Gasteiger partial charge in [0.25, 0.3) is 11.8 Å². The molecular weight excluding hydrogens is 294 g/mol. The third kappa shape index (κ3) is 3.59. The van der Waals surface area contributed by atoms with E-state index in [0.29, 0.717) is 24.2 Å². The van der Waals surface area contributed by atoms with E-state index in [2.05, 4.69) is 10.6 Å². The molecule has 1 aliphatic rings. The number of aryl methyl sites for hydroxylation is 1. The maximum Gasteiger partial charge on any atom is 0.262 e. The Balaban J connectivity index is 0.00000220. The molecule has 0 radical (unpaired) electrons. The molecule has 3 amide bonds. The van der Waals surface area contributed by atoms with Crippen molar-refractivity contribution in [2.45, 2.75) is 6.92 Å². The first-order chi connectivity index (χ1) is 9.54. The van der Waals surface area contributed by atoms with E-state index in [1.165, 1.54) is 0 Å². The fourth-order valence-electron chi connectivity index (χ4n) is 2.07. The minimum atomic E-state index is -0.409. The second-order valence-corrected chi connectivity index (χ2v) is 4.70. The molecule has 0 aliphatic carbocycles. The number of amides is 3. The Morgan fingerprint density at radius 3 is 2.48 bits per heavy atom.